The number of rotatable bonds is 5. The molecule has 2 aromatic carbocycles. The van der Waals surface area contributed by atoms with Gasteiger partial charge in [-0.05, 0) is 66.5 Å². The quantitative estimate of drug-likeness (QED) is 0.497. The lowest BCUT2D eigenvalue weighted by atomic mass is 9.63. The van der Waals surface area contributed by atoms with Gasteiger partial charge in [0.1, 0.15) is 12.4 Å². The van der Waals surface area contributed by atoms with E-state index in [2.05, 4.69) is 12.2 Å². The first-order valence-corrected chi connectivity index (χ1v) is 11.6. The lowest BCUT2D eigenvalue weighted by Gasteiger charge is -2.37. The van der Waals surface area contributed by atoms with E-state index in [1.165, 1.54) is 16.9 Å². The van der Waals surface area contributed by atoms with Crippen LogP contribution in [0.5, 0.6) is 5.75 Å². The van der Waals surface area contributed by atoms with Crippen LogP contribution in [0.15, 0.2) is 60.7 Å². The number of amides is 3. The molecule has 0 spiro atoms. The van der Waals surface area contributed by atoms with Crippen molar-refractivity contribution in [1.82, 2.24) is 4.90 Å². The standard InChI is InChI=1S/C26H23ClN2O4/c1-33-21-5-3-2-4-20(21)28(24(30)14-6-8-15(27)9-7-14)13-29-25(31)22-16-10-11-17(19-12-18(16)19)23(22)26(29)32/h2-11,16-19,22-23H,12-13H2,1H3/t16-,17-,18-,19+,22+,23-/m1/s1. The highest BCUT2D eigenvalue weighted by molar-refractivity contribution is 6.30. The first-order chi connectivity index (χ1) is 16.0. The molecule has 6 nitrogen and oxygen atoms in total. The number of imide groups is 1. The summed E-state index contributed by atoms with van der Waals surface area (Å²) in [6.07, 6.45) is 5.40. The molecule has 6 atom stereocenters. The third-order valence-corrected chi connectivity index (χ3v) is 8.00. The summed E-state index contributed by atoms with van der Waals surface area (Å²) in [6.45, 7) is -0.152. The summed E-state index contributed by atoms with van der Waals surface area (Å²) in [4.78, 5) is 43.4. The normalized spacial score (nSPS) is 30.8. The number of carbonyl (C=O) groups is 3. The van der Waals surface area contributed by atoms with Crippen molar-refractivity contribution in [3.05, 3.63) is 71.3 Å². The molecular formula is C26H23ClN2O4. The third-order valence-electron chi connectivity index (χ3n) is 7.75. The van der Waals surface area contributed by atoms with Gasteiger partial charge in [-0.1, -0.05) is 35.9 Å². The number of methoxy groups -OCH3 is 1. The molecule has 0 aromatic heterocycles. The van der Waals surface area contributed by atoms with Gasteiger partial charge in [0.2, 0.25) is 11.8 Å². The Labute approximate surface area is 196 Å². The first kappa shape index (κ1) is 20.5. The molecule has 7 rings (SSSR count). The van der Waals surface area contributed by atoms with Crippen LogP contribution < -0.4 is 9.64 Å². The van der Waals surface area contributed by atoms with Gasteiger partial charge in [-0.3, -0.25) is 24.2 Å². The first-order valence-electron chi connectivity index (χ1n) is 11.2. The SMILES string of the molecule is COc1ccccc1N(CN1C(=O)[C@@H]2[C@@H]3C=C[C@H]([C@H]4C[C@@H]34)[C@@H]2C1=O)C(=O)c1ccc(Cl)cc1. The van der Waals surface area contributed by atoms with Crippen LogP contribution in [0.2, 0.25) is 5.02 Å². The summed E-state index contributed by atoms with van der Waals surface area (Å²) in [7, 11) is 1.53. The molecule has 0 unspecified atom stereocenters. The van der Waals surface area contributed by atoms with Gasteiger partial charge in [0.05, 0.1) is 24.6 Å². The molecular weight excluding hydrogens is 440 g/mol. The van der Waals surface area contributed by atoms with Crippen molar-refractivity contribution in [3.8, 4) is 5.75 Å². The third kappa shape index (κ3) is 3.04. The molecule has 2 aromatic rings. The smallest absolute Gasteiger partial charge is 0.259 e. The van der Waals surface area contributed by atoms with Crippen molar-refractivity contribution in [2.45, 2.75) is 6.42 Å². The highest BCUT2D eigenvalue weighted by Gasteiger charge is 2.67. The van der Waals surface area contributed by atoms with Crippen LogP contribution in [0.3, 0.4) is 0 Å². The maximum Gasteiger partial charge on any atom is 0.259 e. The van der Waals surface area contributed by atoms with E-state index >= 15 is 0 Å². The molecule has 5 aliphatic rings. The number of anilines is 1. The Balaban J connectivity index is 1.36. The lowest BCUT2D eigenvalue weighted by Crippen LogP contribution is -2.45. The van der Waals surface area contributed by atoms with Crippen molar-refractivity contribution in [2.24, 2.45) is 35.5 Å². The summed E-state index contributed by atoms with van der Waals surface area (Å²) >= 11 is 6.01. The second-order valence-corrected chi connectivity index (χ2v) is 9.75. The van der Waals surface area contributed by atoms with E-state index in [4.69, 9.17) is 16.3 Å². The molecule has 33 heavy (non-hydrogen) atoms. The monoisotopic (exact) mass is 462 g/mol. The molecule has 2 saturated carbocycles. The number of nitrogens with zero attached hydrogens (tertiary/aromatic N) is 2. The molecule has 1 saturated heterocycles. The Hall–Kier alpha value is -3.12. The van der Waals surface area contributed by atoms with E-state index in [1.54, 1.807) is 42.5 Å². The molecule has 7 heteroatoms. The van der Waals surface area contributed by atoms with Crippen molar-refractivity contribution in [1.29, 1.82) is 0 Å². The number of ether oxygens (including phenoxy) is 1. The summed E-state index contributed by atoms with van der Waals surface area (Å²) in [5, 5.41) is 0.519. The maximum atomic E-state index is 13.6. The number of hydrogen-bond acceptors (Lipinski definition) is 4. The predicted octanol–water partition coefficient (Wildman–Crippen LogP) is 4.01. The van der Waals surface area contributed by atoms with E-state index in [0.717, 1.165) is 6.42 Å². The Morgan fingerprint density at radius 3 is 2.21 bits per heavy atom. The van der Waals surface area contributed by atoms with Crippen molar-refractivity contribution >= 4 is 35.0 Å². The van der Waals surface area contributed by atoms with Crippen LogP contribution in [-0.2, 0) is 9.59 Å². The van der Waals surface area contributed by atoms with Gasteiger partial charge in [-0.15, -0.1) is 0 Å². The van der Waals surface area contributed by atoms with E-state index in [9.17, 15) is 14.4 Å². The highest BCUT2D eigenvalue weighted by Crippen LogP contribution is 2.65. The van der Waals surface area contributed by atoms with Crippen LogP contribution in [0.1, 0.15) is 16.8 Å². The van der Waals surface area contributed by atoms with Gasteiger partial charge in [-0.2, -0.15) is 0 Å². The minimum Gasteiger partial charge on any atom is -0.495 e. The van der Waals surface area contributed by atoms with Crippen molar-refractivity contribution < 1.29 is 19.1 Å². The molecule has 0 radical (unpaired) electrons. The van der Waals surface area contributed by atoms with Crippen LogP contribution in [0.25, 0.3) is 0 Å². The van der Waals surface area contributed by atoms with E-state index in [-0.39, 0.29) is 48.1 Å². The predicted molar refractivity (Wildman–Crippen MR) is 123 cm³/mol. The van der Waals surface area contributed by atoms with Gasteiger partial charge in [-0.25, -0.2) is 0 Å². The second-order valence-electron chi connectivity index (χ2n) is 9.31. The largest absolute Gasteiger partial charge is 0.495 e. The fraction of sp³-hybridized carbons (Fsp3) is 0.346. The average Bonchev–Trinajstić information content (AvgIpc) is 3.62. The van der Waals surface area contributed by atoms with Gasteiger partial charge < -0.3 is 4.74 Å². The molecule has 3 fully saturated rings. The summed E-state index contributed by atoms with van der Waals surface area (Å²) in [5.74, 6) is 0.531. The zero-order valence-electron chi connectivity index (χ0n) is 18.1. The topological polar surface area (TPSA) is 66.9 Å². The van der Waals surface area contributed by atoms with Crippen LogP contribution in [0.4, 0.5) is 5.69 Å². The lowest BCUT2D eigenvalue weighted by molar-refractivity contribution is -0.140. The number of carbonyl (C=O) groups excluding carboxylic acids is 3. The molecule has 4 aliphatic carbocycles. The number of allylic oxidation sites excluding steroid dienone is 2. The van der Waals surface area contributed by atoms with Crippen molar-refractivity contribution in [2.75, 3.05) is 18.7 Å². The Morgan fingerprint density at radius 1 is 1.00 bits per heavy atom. The fourth-order valence-corrected chi connectivity index (χ4v) is 6.28. The molecule has 1 aliphatic heterocycles. The van der Waals surface area contributed by atoms with Gasteiger partial charge in [0, 0.05) is 10.6 Å². The highest BCUT2D eigenvalue weighted by atomic mass is 35.5. The fourth-order valence-electron chi connectivity index (χ4n) is 6.15. The van der Waals surface area contributed by atoms with E-state index in [1.807, 2.05) is 6.07 Å². The van der Waals surface area contributed by atoms with Crippen LogP contribution in [-0.4, -0.2) is 36.4 Å². The minimum atomic E-state index is -0.337. The number of likely N-dealkylation sites (tertiary alicyclic amines) is 1. The zero-order chi connectivity index (χ0) is 22.9. The molecule has 1 heterocycles. The van der Waals surface area contributed by atoms with E-state index in [0.29, 0.717) is 33.9 Å². The zero-order valence-corrected chi connectivity index (χ0v) is 18.8. The van der Waals surface area contributed by atoms with Crippen LogP contribution >= 0.6 is 11.6 Å². The summed E-state index contributed by atoms with van der Waals surface area (Å²) in [5.41, 5.74) is 0.907. The number of halogens is 1. The second kappa shape index (κ2) is 7.45. The maximum absolute atomic E-state index is 13.6. The Bertz CT molecular complexity index is 1160. The molecule has 0 N–H and O–H groups in total. The van der Waals surface area contributed by atoms with Gasteiger partial charge in [0.15, 0.2) is 0 Å². The number of para-hydroxylation sites is 2. The molecule has 2 bridgehead atoms. The van der Waals surface area contributed by atoms with E-state index < -0.39 is 0 Å². The number of hydrogen-bond donors (Lipinski definition) is 0. The Kier molecular flexibility index (Phi) is 4.63. The Morgan fingerprint density at radius 2 is 1.61 bits per heavy atom. The van der Waals surface area contributed by atoms with Gasteiger partial charge >= 0.3 is 0 Å². The van der Waals surface area contributed by atoms with Crippen molar-refractivity contribution in [3.63, 3.8) is 0 Å². The van der Waals surface area contributed by atoms with Crippen LogP contribution in [0, 0.1) is 35.5 Å². The molecule has 3 amide bonds. The average molecular weight is 463 g/mol. The minimum absolute atomic E-state index is 0.137. The summed E-state index contributed by atoms with van der Waals surface area (Å²) in [6, 6.07) is 13.7. The summed E-state index contributed by atoms with van der Waals surface area (Å²) < 4.78 is 5.49. The van der Waals surface area contributed by atoms with Gasteiger partial charge in [0.25, 0.3) is 5.91 Å². The molecule has 168 valence electrons. The number of benzene rings is 2.